The van der Waals surface area contributed by atoms with Crippen molar-refractivity contribution >= 4 is 34.2 Å². The van der Waals surface area contributed by atoms with Crippen LogP contribution in [0.2, 0.25) is 0 Å². The van der Waals surface area contributed by atoms with Gasteiger partial charge in [0.2, 0.25) is 5.91 Å². The maximum Gasteiger partial charge on any atom is 0.222 e. The van der Waals surface area contributed by atoms with Crippen LogP contribution in [0.4, 0.5) is 0 Å². The summed E-state index contributed by atoms with van der Waals surface area (Å²) in [5, 5.41) is 3.46. The Hall–Kier alpha value is -1.76. The predicted octanol–water partition coefficient (Wildman–Crippen LogP) is 4.56. The van der Waals surface area contributed by atoms with Crippen molar-refractivity contribution in [3.8, 4) is 11.5 Å². The summed E-state index contributed by atoms with van der Waals surface area (Å²) in [6.45, 7) is 3.73. The maximum absolute atomic E-state index is 11.7. The summed E-state index contributed by atoms with van der Waals surface area (Å²) in [5.74, 6) is 1.76. The standard InChI is InChI=1S/C22H27BrN2O3.ClH/c1-27-20-14-19(23)13-18(22(20)28-16-17-7-3-2-4-8-17)15-24-10-6-12-25-11-5-9-21(25)26;/h2-4,7-8,13-14,24H,5-6,9-12,15-16H2,1H3;1H. The molecule has 1 fully saturated rings. The Morgan fingerprint density at radius 2 is 2.00 bits per heavy atom. The van der Waals surface area contributed by atoms with Crippen LogP contribution in [-0.4, -0.2) is 37.6 Å². The van der Waals surface area contributed by atoms with E-state index in [9.17, 15) is 4.79 Å². The third-order valence-electron chi connectivity index (χ3n) is 4.81. The van der Waals surface area contributed by atoms with Crippen LogP contribution in [-0.2, 0) is 17.9 Å². The lowest BCUT2D eigenvalue weighted by molar-refractivity contribution is -0.127. The van der Waals surface area contributed by atoms with E-state index in [1.54, 1.807) is 7.11 Å². The van der Waals surface area contributed by atoms with Gasteiger partial charge in [-0.15, -0.1) is 12.4 Å². The molecule has 7 heteroatoms. The number of halogens is 2. The van der Waals surface area contributed by atoms with E-state index in [4.69, 9.17) is 9.47 Å². The first-order chi connectivity index (χ1) is 13.7. The zero-order valence-electron chi connectivity index (χ0n) is 16.7. The molecule has 29 heavy (non-hydrogen) atoms. The number of amides is 1. The second-order valence-electron chi connectivity index (χ2n) is 6.89. The fourth-order valence-corrected chi connectivity index (χ4v) is 3.84. The number of ether oxygens (including phenoxy) is 2. The lowest BCUT2D eigenvalue weighted by Crippen LogP contribution is -2.28. The molecule has 0 atom stereocenters. The van der Waals surface area contributed by atoms with Gasteiger partial charge < -0.3 is 19.7 Å². The number of benzene rings is 2. The lowest BCUT2D eigenvalue weighted by atomic mass is 10.1. The smallest absolute Gasteiger partial charge is 0.222 e. The summed E-state index contributed by atoms with van der Waals surface area (Å²) in [4.78, 5) is 13.6. The van der Waals surface area contributed by atoms with E-state index >= 15 is 0 Å². The van der Waals surface area contributed by atoms with Crippen LogP contribution in [0, 0.1) is 0 Å². The monoisotopic (exact) mass is 482 g/mol. The predicted molar refractivity (Wildman–Crippen MR) is 121 cm³/mol. The van der Waals surface area contributed by atoms with Gasteiger partial charge in [-0.3, -0.25) is 4.79 Å². The summed E-state index contributed by atoms with van der Waals surface area (Å²) in [6, 6.07) is 14.1. The summed E-state index contributed by atoms with van der Waals surface area (Å²) in [7, 11) is 1.65. The minimum Gasteiger partial charge on any atom is -0.493 e. The highest BCUT2D eigenvalue weighted by atomic mass is 79.9. The molecule has 0 unspecified atom stereocenters. The third kappa shape index (κ3) is 6.91. The van der Waals surface area contributed by atoms with Crippen molar-refractivity contribution in [2.45, 2.75) is 32.4 Å². The van der Waals surface area contributed by atoms with Crippen molar-refractivity contribution < 1.29 is 14.3 Å². The number of hydrogen-bond donors (Lipinski definition) is 1. The van der Waals surface area contributed by atoms with Crippen LogP contribution in [0.15, 0.2) is 46.9 Å². The Balaban J connectivity index is 0.00000300. The van der Waals surface area contributed by atoms with Crippen molar-refractivity contribution in [2.75, 3.05) is 26.7 Å². The largest absolute Gasteiger partial charge is 0.493 e. The van der Waals surface area contributed by atoms with E-state index in [1.807, 2.05) is 41.3 Å². The second-order valence-corrected chi connectivity index (χ2v) is 7.80. The Morgan fingerprint density at radius 3 is 2.69 bits per heavy atom. The number of rotatable bonds is 10. The molecule has 2 aromatic carbocycles. The molecule has 1 saturated heterocycles. The van der Waals surface area contributed by atoms with Gasteiger partial charge in [0.05, 0.1) is 7.11 Å². The van der Waals surface area contributed by atoms with Crippen LogP contribution < -0.4 is 14.8 Å². The van der Waals surface area contributed by atoms with Crippen molar-refractivity contribution in [1.82, 2.24) is 10.2 Å². The molecule has 5 nitrogen and oxygen atoms in total. The molecule has 158 valence electrons. The number of nitrogens with zero attached hydrogens (tertiary/aromatic N) is 1. The maximum atomic E-state index is 11.7. The lowest BCUT2D eigenvalue weighted by Gasteiger charge is -2.17. The first-order valence-corrected chi connectivity index (χ1v) is 10.5. The van der Waals surface area contributed by atoms with Gasteiger partial charge in [0.15, 0.2) is 11.5 Å². The van der Waals surface area contributed by atoms with E-state index < -0.39 is 0 Å². The summed E-state index contributed by atoms with van der Waals surface area (Å²) in [6.07, 6.45) is 2.64. The minimum absolute atomic E-state index is 0. The van der Waals surface area contributed by atoms with Gasteiger partial charge in [0.1, 0.15) is 6.61 Å². The SMILES string of the molecule is COc1cc(Br)cc(CNCCCN2CCCC2=O)c1OCc1ccccc1.Cl. The number of methoxy groups -OCH3 is 1. The zero-order valence-corrected chi connectivity index (χ0v) is 19.1. The Morgan fingerprint density at radius 1 is 1.21 bits per heavy atom. The fourth-order valence-electron chi connectivity index (χ4n) is 3.36. The topological polar surface area (TPSA) is 50.8 Å². The first kappa shape index (κ1) is 23.5. The van der Waals surface area contributed by atoms with E-state index in [2.05, 4.69) is 27.3 Å². The van der Waals surface area contributed by atoms with Gasteiger partial charge in [-0.05, 0) is 37.1 Å². The highest BCUT2D eigenvalue weighted by Gasteiger charge is 2.19. The van der Waals surface area contributed by atoms with Gasteiger partial charge in [-0.25, -0.2) is 0 Å². The molecule has 1 heterocycles. The number of hydrogen-bond acceptors (Lipinski definition) is 4. The highest BCUT2D eigenvalue weighted by Crippen LogP contribution is 2.35. The van der Waals surface area contributed by atoms with Gasteiger partial charge in [0, 0.05) is 36.1 Å². The van der Waals surface area contributed by atoms with Crippen molar-refractivity contribution in [1.29, 1.82) is 0 Å². The molecule has 3 rings (SSSR count). The molecule has 2 aromatic rings. The Kier molecular flexibility index (Phi) is 9.78. The molecule has 0 aromatic heterocycles. The van der Waals surface area contributed by atoms with Crippen molar-refractivity contribution in [3.63, 3.8) is 0 Å². The van der Waals surface area contributed by atoms with Crippen LogP contribution in [0.25, 0.3) is 0 Å². The summed E-state index contributed by atoms with van der Waals surface area (Å²) >= 11 is 3.55. The quantitative estimate of drug-likeness (QED) is 0.503. The number of carbonyl (C=O) groups excluding carboxylic acids is 1. The molecule has 0 spiro atoms. The zero-order chi connectivity index (χ0) is 19.8. The highest BCUT2D eigenvalue weighted by molar-refractivity contribution is 9.10. The average molecular weight is 484 g/mol. The first-order valence-electron chi connectivity index (χ1n) is 9.69. The number of likely N-dealkylation sites (tertiary alicyclic amines) is 1. The van der Waals surface area contributed by atoms with Crippen LogP contribution >= 0.6 is 28.3 Å². The summed E-state index contributed by atoms with van der Waals surface area (Å²) in [5.41, 5.74) is 2.15. The van der Waals surface area contributed by atoms with Gasteiger partial charge in [-0.1, -0.05) is 46.3 Å². The Labute approximate surface area is 187 Å². The van der Waals surface area contributed by atoms with Gasteiger partial charge in [0.25, 0.3) is 0 Å². The molecular weight excluding hydrogens is 456 g/mol. The van der Waals surface area contributed by atoms with Crippen molar-refractivity contribution in [3.05, 3.63) is 58.1 Å². The molecule has 0 aliphatic carbocycles. The molecule has 0 bridgehead atoms. The van der Waals surface area contributed by atoms with E-state index in [0.717, 1.165) is 53.8 Å². The minimum atomic E-state index is 0. The number of nitrogens with one attached hydrogen (secondary N) is 1. The fraction of sp³-hybridized carbons (Fsp3) is 0.409. The molecule has 0 radical (unpaired) electrons. The molecule has 1 aliphatic rings. The van der Waals surface area contributed by atoms with Gasteiger partial charge >= 0.3 is 0 Å². The van der Waals surface area contributed by atoms with E-state index in [0.29, 0.717) is 25.3 Å². The van der Waals surface area contributed by atoms with Crippen LogP contribution in [0.1, 0.15) is 30.4 Å². The van der Waals surface area contributed by atoms with Gasteiger partial charge in [-0.2, -0.15) is 0 Å². The molecule has 0 saturated carbocycles. The van der Waals surface area contributed by atoms with Crippen LogP contribution in [0.3, 0.4) is 0 Å². The third-order valence-corrected chi connectivity index (χ3v) is 5.27. The summed E-state index contributed by atoms with van der Waals surface area (Å²) < 4.78 is 12.6. The average Bonchev–Trinajstić information content (AvgIpc) is 3.12. The normalized spacial score (nSPS) is 13.3. The molecule has 1 amide bonds. The molecule has 1 N–H and O–H groups in total. The van der Waals surface area contributed by atoms with E-state index in [1.165, 1.54) is 0 Å². The van der Waals surface area contributed by atoms with E-state index in [-0.39, 0.29) is 18.3 Å². The second kappa shape index (κ2) is 12.1. The molecular formula is C22H28BrClN2O3. The number of carbonyl (C=O) groups is 1. The Bertz CT molecular complexity index is 789. The molecule has 1 aliphatic heterocycles. The van der Waals surface area contributed by atoms with Crippen LogP contribution in [0.5, 0.6) is 11.5 Å². The van der Waals surface area contributed by atoms with Crippen molar-refractivity contribution in [2.24, 2.45) is 0 Å².